The van der Waals surface area contributed by atoms with Gasteiger partial charge in [-0.1, -0.05) is 66.7 Å². The Morgan fingerprint density at radius 1 is 0.857 bits per heavy atom. The van der Waals surface area contributed by atoms with Crippen LogP contribution in [-0.2, 0) is 0 Å². The van der Waals surface area contributed by atoms with Crippen molar-refractivity contribution in [3.05, 3.63) is 99.2 Å². The molecule has 3 aromatic carbocycles. The second-order valence-electron chi connectivity index (χ2n) is 6.46. The Hall–Kier alpha value is -3.50. The summed E-state index contributed by atoms with van der Waals surface area (Å²) >= 11 is 1.50. The first-order valence-electron chi connectivity index (χ1n) is 8.92. The van der Waals surface area contributed by atoms with Crippen LogP contribution >= 0.6 is 11.3 Å². The zero-order chi connectivity index (χ0) is 18.9. The Kier molecular flexibility index (Phi) is 4.11. The quantitative estimate of drug-likeness (QED) is 0.274. The lowest BCUT2D eigenvalue weighted by Gasteiger charge is -2.04. The van der Waals surface area contributed by atoms with E-state index in [0.29, 0.717) is 16.8 Å². The predicted octanol–water partition coefficient (Wildman–Crippen LogP) is 6.24. The second kappa shape index (κ2) is 6.91. The van der Waals surface area contributed by atoms with Crippen LogP contribution in [0.15, 0.2) is 87.4 Å². The summed E-state index contributed by atoms with van der Waals surface area (Å²) in [6.45, 7) is 0. The Morgan fingerprint density at radius 2 is 1.68 bits per heavy atom. The van der Waals surface area contributed by atoms with Gasteiger partial charge in [0, 0.05) is 10.8 Å². The summed E-state index contributed by atoms with van der Waals surface area (Å²) in [6, 6.07) is 23.8. The first-order valence-corrected chi connectivity index (χ1v) is 9.80. The molecular formula is C24H15NO2S. The van der Waals surface area contributed by atoms with Crippen molar-refractivity contribution in [2.45, 2.75) is 0 Å². The molecule has 0 unspecified atom stereocenters. The maximum Gasteiger partial charge on any atom is 0.345 e. The van der Waals surface area contributed by atoms with Crippen LogP contribution in [0.25, 0.3) is 45.2 Å². The van der Waals surface area contributed by atoms with Crippen molar-refractivity contribution in [1.82, 2.24) is 4.98 Å². The number of rotatable bonds is 3. The lowest BCUT2D eigenvalue weighted by molar-refractivity contribution is 0.563. The molecule has 0 fully saturated rings. The molecule has 0 radical (unpaired) electrons. The molecule has 0 saturated carbocycles. The summed E-state index contributed by atoms with van der Waals surface area (Å²) in [5.41, 5.74) is 2.45. The number of fused-ring (bicyclic) bond motifs is 3. The highest BCUT2D eigenvalue weighted by Gasteiger charge is 2.12. The maximum atomic E-state index is 12.5. The van der Waals surface area contributed by atoms with E-state index < -0.39 is 0 Å². The van der Waals surface area contributed by atoms with Crippen molar-refractivity contribution in [2.75, 3.05) is 0 Å². The highest BCUT2D eigenvalue weighted by Crippen LogP contribution is 2.28. The van der Waals surface area contributed by atoms with E-state index >= 15 is 0 Å². The van der Waals surface area contributed by atoms with Crippen LogP contribution in [-0.4, -0.2) is 4.98 Å². The Bertz CT molecular complexity index is 1380. The van der Waals surface area contributed by atoms with E-state index in [0.717, 1.165) is 26.7 Å². The summed E-state index contributed by atoms with van der Waals surface area (Å²) in [6.07, 6.45) is 3.97. The van der Waals surface area contributed by atoms with Gasteiger partial charge in [-0.3, -0.25) is 0 Å². The molecule has 134 valence electrons. The zero-order valence-electron chi connectivity index (χ0n) is 14.8. The summed E-state index contributed by atoms with van der Waals surface area (Å²) in [5.74, 6) is 0. The maximum absolute atomic E-state index is 12.5. The third-order valence-corrected chi connectivity index (χ3v) is 5.47. The molecule has 28 heavy (non-hydrogen) atoms. The Morgan fingerprint density at radius 3 is 2.57 bits per heavy atom. The number of thiazole rings is 1. The molecule has 2 aromatic heterocycles. The van der Waals surface area contributed by atoms with Gasteiger partial charge in [0.1, 0.15) is 10.6 Å². The van der Waals surface area contributed by atoms with Crippen LogP contribution in [0.5, 0.6) is 0 Å². The molecule has 0 amide bonds. The third kappa shape index (κ3) is 3.04. The van der Waals surface area contributed by atoms with E-state index in [1.54, 1.807) is 0 Å². The van der Waals surface area contributed by atoms with Gasteiger partial charge in [0.05, 0.1) is 11.3 Å². The van der Waals surface area contributed by atoms with Gasteiger partial charge < -0.3 is 4.42 Å². The molecule has 0 bridgehead atoms. The molecule has 0 atom stereocenters. The van der Waals surface area contributed by atoms with Crippen LogP contribution in [0, 0.1) is 0 Å². The molecule has 2 heterocycles. The number of benzene rings is 3. The summed E-state index contributed by atoms with van der Waals surface area (Å²) in [4.78, 5) is 17.2. The number of aromatic nitrogens is 1. The number of nitrogens with zero attached hydrogens (tertiary/aromatic N) is 1. The lowest BCUT2D eigenvalue weighted by atomic mass is 10.0. The van der Waals surface area contributed by atoms with E-state index in [2.05, 4.69) is 11.1 Å². The van der Waals surface area contributed by atoms with Gasteiger partial charge in [0.2, 0.25) is 0 Å². The number of hydrogen-bond donors (Lipinski definition) is 0. The summed E-state index contributed by atoms with van der Waals surface area (Å²) in [7, 11) is 0. The van der Waals surface area contributed by atoms with Crippen LogP contribution in [0.1, 0.15) is 10.6 Å². The van der Waals surface area contributed by atoms with Gasteiger partial charge in [0.15, 0.2) is 0 Å². The van der Waals surface area contributed by atoms with E-state index in [1.807, 2.05) is 84.3 Å². The minimum absolute atomic E-state index is 0.369. The van der Waals surface area contributed by atoms with Gasteiger partial charge >= 0.3 is 5.63 Å². The fraction of sp³-hybridized carbons (Fsp3) is 0. The van der Waals surface area contributed by atoms with Gasteiger partial charge in [0.25, 0.3) is 0 Å². The smallest absolute Gasteiger partial charge is 0.345 e. The Balaban J connectivity index is 1.59. The highest BCUT2D eigenvalue weighted by molar-refractivity contribution is 7.10. The molecule has 5 aromatic rings. The van der Waals surface area contributed by atoms with Crippen molar-refractivity contribution in [2.24, 2.45) is 0 Å². The molecule has 3 nitrogen and oxygen atoms in total. The van der Waals surface area contributed by atoms with Crippen LogP contribution in [0.3, 0.4) is 0 Å². The third-order valence-electron chi connectivity index (χ3n) is 4.66. The van der Waals surface area contributed by atoms with Crippen molar-refractivity contribution in [3.8, 4) is 11.3 Å². The van der Waals surface area contributed by atoms with Gasteiger partial charge in [-0.2, -0.15) is 0 Å². The standard InChI is InChI=1S/C24H15NO2S/c26-24-20(14-19-18-9-5-4-8-17(18)11-12-22(19)27-24)21-15-28-23(25-21)13-10-16-6-2-1-3-7-16/h1-15H/b13-10+. The molecule has 4 heteroatoms. The van der Waals surface area contributed by atoms with E-state index in [9.17, 15) is 4.79 Å². The molecule has 0 aliphatic carbocycles. The van der Waals surface area contributed by atoms with Gasteiger partial charge in [-0.15, -0.1) is 11.3 Å². The molecule has 0 aliphatic rings. The minimum atomic E-state index is -0.369. The largest absolute Gasteiger partial charge is 0.422 e. The van der Waals surface area contributed by atoms with Crippen molar-refractivity contribution in [3.63, 3.8) is 0 Å². The molecule has 0 aliphatic heterocycles. The van der Waals surface area contributed by atoms with Crippen molar-refractivity contribution < 1.29 is 4.42 Å². The summed E-state index contributed by atoms with van der Waals surface area (Å²) in [5, 5.41) is 5.83. The normalized spacial score (nSPS) is 11.6. The average Bonchev–Trinajstić information content (AvgIpc) is 3.21. The topological polar surface area (TPSA) is 43.1 Å². The van der Waals surface area contributed by atoms with Crippen LogP contribution < -0.4 is 5.63 Å². The van der Waals surface area contributed by atoms with E-state index in [-0.39, 0.29) is 5.63 Å². The SMILES string of the molecule is O=c1oc2ccc3ccccc3c2cc1-c1csc(/C=C/c2ccccc2)n1. The first-order chi connectivity index (χ1) is 13.8. The molecule has 0 saturated heterocycles. The summed E-state index contributed by atoms with van der Waals surface area (Å²) < 4.78 is 5.58. The van der Waals surface area contributed by atoms with Crippen molar-refractivity contribution >= 4 is 45.2 Å². The van der Waals surface area contributed by atoms with Gasteiger partial charge in [-0.25, -0.2) is 9.78 Å². The zero-order valence-corrected chi connectivity index (χ0v) is 15.6. The monoisotopic (exact) mass is 381 g/mol. The first kappa shape index (κ1) is 16.7. The van der Waals surface area contributed by atoms with Gasteiger partial charge in [-0.05, 0) is 34.5 Å². The lowest BCUT2D eigenvalue weighted by Crippen LogP contribution is -2.03. The highest BCUT2D eigenvalue weighted by atomic mass is 32.1. The molecule has 5 rings (SSSR count). The molecule has 0 N–H and O–H groups in total. The van der Waals surface area contributed by atoms with Crippen LogP contribution in [0.2, 0.25) is 0 Å². The fourth-order valence-corrected chi connectivity index (χ4v) is 3.98. The average molecular weight is 381 g/mol. The van der Waals surface area contributed by atoms with E-state index in [4.69, 9.17) is 4.42 Å². The Labute approximate surface area is 165 Å². The minimum Gasteiger partial charge on any atom is -0.422 e. The second-order valence-corrected chi connectivity index (χ2v) is 7.35. The van der Waals surface area contributed by atoms with Crippen LogP contribution in [0.4, 0.5) is 0 Å². The predicted molar refractivity (Wildman–Crippen MR) is 116 cm³/mol. The molecular weight excluding hydrogens is 366 g/mol. The van der Waals surface area contributed by atoms with Crippen molar-refractivity contribution in [1.29, 1.82) is 0 Å². The fourth-order valence-electron chi connectivity index (χ4n) is 3.27. The van der Waals surface area contributed by atoms with E-state index in [1.165, 1.54) is 11.3 Å². The molecule has 0 spiro atoms. The number of hydrogen-bond acceptors (Lipinski definition) is 4.